The van der Waals surface area contributed by atoms with Crippen molar-refractivity contribution >= 4 is 5.78 Å². The molecule has 0 aromatic rings. The van der Waals surface area contributed by atoms with Crippen LogP contribution in [0, 0.1) is 34.5 Å². The summed E-state index contributed by atoms with van der Waals surface area (Å²) in [5, 5.41) is 0. The molecule has 0 aromatic heterocycles. The number of rotatable bonds is 2. The first-order chi connectivity index (χ1) is 7.70. The van der Waals surface area contributed by atoms with E-state index in [2.05, 4.69) is 0 Å². The molecule has 16 heavy (non-hydrogen) atoms. The number of hydrogen-bond acceptors (Lipinski definition) is 1. The molecule has 1 nitrogen and oxygen atoms in total. The highest BCUT2D eigenvalue weighted by Crippen LogP contribution is 2.79. The van der Waals surface area contributed by atoms with Gasteiger partial charge >= 0.3 is 0 Å². The molecule has 6 saturated carbocycles. The molecule has 0 aromatic carbocycles. The highest BCUT2D eigenvalue weighted by Gasteiger charge is 2.77. The van der Waals surface area contributed by atoms with Crippen molar-refractivity contribution in [2.45, 2.75) is 51.4 Å². The third kappa shape index (κ3) is 0.855. The van der Waals surface area contributed by atoms with Crippen LogP contribution in [0.4, 0.5) is 0 Å². The number of ketones is 1. The van der Waals surface area contributed by atoms with Gasteiger partial charge in [0, 0.05) is 10.8 Å². The standard InChI is InChI=1S/C15H20O/c16-13(15-7-12(15)8-15)14-4-9-1-10(5-14)3-11(2-9)6-14/h9-12H,1-8H2. The quantitative estimate of drug-likeness (QED) is 0.693. The van der Waals surface area contributed by atoms with E-state index >= 15 is 0 Å². The molecule has 6 aliphatic carbocycles. The molecule has 0 amide bonds. The summed E-state index contributed by atoms with van der Waals surface area (Å²) in [6.45, 7) is 0. The van der Waals surface area contributed by atoms with E-state index in [1.165, 1.54) is 51.4 Å². The maximum atomic E-state index is 12.8. The lowest BCUT2D eigenvalue weighted by Gasteiger charge is -2.56. The second kappa shape index (κ2) is 2.28. The minimum atomic E-state index is 0.208. The Morgan fingerprint density at radius 2 is 1.25 bits per heavy atom. The van der Waals surface area contributed by atoms with Crippen LogP contribution in [-0.2, 0) is 4.79 Å². The summed E-state index contributed by atoms with van der Waals surface area (Å²) in [4.78, 5) is 12.8. The molecular weight excluding hydrogens is 196 g/mol. The summed E-state index contributed by atoms with van der Waals surface area (Å²) >= 11 is 0. The average Bonchev–Trinajstić information content (AvgIpc) is 3.01. The lowest BCUT2D eigenvalue weighted by Crippen LogP contribution is -2.51. The Hall–Kier alpha value is -0.330. The molecule has 0 radical (unpaired) electrons. The summed E-state index contributed by atoms with van der Waals surface area (Å²) in [6, 6.07) is 0. The van der Waals surface area contributed by atoms with E-state index in [1.54, 1.807) is 0 Å². The molecule has 0 unspecified atom stereocenters. The zero-order valence-electron chi connectivity index (χ0n) is 9.87. The monoisotopic (exact) mass is 216 g/mol. The van der Waals surface area contributed by atoms with Crippen LogP contribution in [0.1, 0.15) is 51.4 Å². The third-order valence-corrected chi connectivity index (χ3v) is 6.65. The Morgan fingerprint density at radius 1 is 0.812 bits per heavy atom. The number of carbonyl (C=O) groups is 1. The van der Waals surface area contributed by atoms with Crippen molar-refractivity contribution in [3.8, 4) is 0 Å². The van der Waals surface area contributed by atoms with Crippen LogP contribution in [-0.4, -0.2) is 5.78 Å². The molecule has 0 spiro atoms. The number of fused-ring (bicyclic) bond motifs is 1. The minimum absolute atomic E-state index is 0.208. The number of hydrogen-bond donors (Lipinski definition) is 0. The van der Waals surface area contributed by atoms with Gasteiger partial charge in [-0.2, -0.15) is 0 Å². The molecule has 0 atom stereocenters. The molecule has 0 N–H and O–H groups in total. The molecular formula is C15H20O. The van der Waals surface area contributed by atoms with Crippen LogP contribution >= 0.6 is 0 Å². The highest BCUT2D eigenvalue weighted by molar-refractivity contribution is 5.96. The van der Waals surface area contributed by atoms with Crippen molar-refractivity contribution in [2.75, 3.05) is 0 Å². The Balaban J connectivity index is 1.54. The maximum Gasteiger partial charge on any atom is 0.145 e. The van der Waals surface area contributed by atoms with Gasteiger partial charge in [-0.3, -0.25) is 4.79 Å². The van der Waals surface area contributed by atoms with Gasteiger partial charge in [-0.1, -0.05) is 0 Å². The predicted octanol–water partition coefficient (Wildman–Crippen LogP) is 3.18. The summed E-state index contributed by atoms with van der Waals surface area (Å²) in [7, 11) is 0. The van der Waals surface area contributed by atoms with Crippen LogP contribution in [0.25, 0.3) is 0 Å². The lowest BCUT2D eigenvalue weighted by molar-refractivity contribution is -0.147. The molecule has 4 bridgehead atoms. The zero-order valence-corrected chi connectivity index (χ0v) is 9.87. The van der Waals surface area contributed by atoms with E-state index in [9.17, 15) is 4.79 Å². The van der Waals surface area contributed by atoms with Crippen LogP contribution in [0.3, 0.4) is 0 Å². The summed E-state index contributed by atoms with van der Waals surface area (Å²) in [5.74, 6) is 4.41. The van der Waals surface area contributed by atoms with Gasteiger partial charge < -0.3 is 0 Å². The first-order valence-corrected chi connectivity index (χ1v) is 7.25. The van der Waals surface area contributed by atoms with Crippen molar-refractivity contribution in [3.63, 3.8) is 0 Å². The third-order valence-electron chi connectivity index (χ3n) is 6.65. The molecule has 1 heteroatoms. The molecule has 6 rings (SSSR count). The average molecular weight is 216 g/mol. The summed E-state index contributed by atoms with van der Waals surface area (Å²) < 4.78 is 0. The minimum Gasteiger partial charge on any atom is -0.298 e. The van der Waals surface area contributed by atoms with E-state index in [1.807, 2.05) is 0 Å². The fourth-order valence-corrected chi connectivity index (χ4v) is 5.99. The van der Waals surface area contributed by atoms with E-state index in [0.29, 0.717) is 0 Å². The Kier molecular flexibility index (Phi) is 1.24. The lowest BCUT2D eigenvalue weighted by atomic mass is 9.48. The smallest absolute Gasteiger partial charge is 0.145 e. The van der Waals surface area contributed by atoms with E-state index in [4.69, 9.17) is 0 Å². The Labute approximate surface area is 97.0 Å². The molecule has 0 heterocycles. The molecule has 0 aliphatic heterocycles. The molecule has 0 saturated heterocycles. The summed E-state index contributed by atoms with van der Waals surface area (Å²) in [6.07, 6.45) is 10.8. The van der Waals surface area contributed by atoms with Crippen LogP contribution in [0.15, 0.2) is 0 Å². The van der Waals surface area contributed by atoms with Gasteiger partial charge in [-0.25, -0.2) is 0 Å². The second-order valence-corrected chi connectivity index (χ2v) is 7.79. The largest absolute Gasteiger partial charge is 0.298 e. The first kappa shape index (κ1) is 8.72. The Morgan fingerprint density at radius 3 is 1.62 bits per heavy atom. The van der Waals surface area contributed by atoms with Crippen LogP contribution < -0.4 is 0 Å². The molecule has 86 valence electrons. The van der Waals surface area contributed by atoms with E-state index < -0.39 is 0 Å². The second-order valence-electron chi connectivity index (χ2n) is 7.79. The topological polar surface area (TPSA) is 17.1 Å². The van der Waals surface area contributed by atoms with Gasteiger partial charge in [0.1, 0.15) is 5.78 Å². The summed E-state index contributed by atoms with van der Waals surface area (Å²) in [5.41, 5.74) is 0.492. The molecule has 6 fully saturated rings. The van der Waals surface area contributed by atoms with Crippen molar-refractivity contribution in [3.05, 3.63) is 0 Å². The van der Waals surface area contributed by atoms with Crippen LogP contribution in [0.5, 0.6) is 0 Å². The highest BCUT2D eigenvalue weighted by atomic mass is 16.1. The van der Waals surface area contributed by atoms with E-state index in [-0.39, 0.29) is 10.8 Å². The fourth-order valence-electron chi connectivity index (χ4n) is 5.99. The molecule has 6 aliphatic rings. The fraction of sp³-hybridized carbons (Fsp3) is 0.933. The maximum absolute atomic E-state index is 12.8. The SMILES string of the molecule is O=C(C12CC3CC(CC(C3)C1)C2)C12CC1C2. The normalized spacial score (nSPS) is 64.2. The van der Waals surface area contributed by atoms with Gasteiger partial charge in [0.25, 0.3) is 0 Å². The first-order valence-electron chi connectivity index (χ1n) is 7.25. The van der Waals surface area contributed by atoms with Gasteiger partial charge in [0.2, 0.25) is 0 Å². The van der Waals surface area contributed by atoms with Crippen molar-refractivity contribution in [1.82, 2.24) is 0 Å². The van der Waals surface area contributed by atoms with Crippen molar-refractivity contribution in [2.24, 2.45) is 34.5 Å². The van der Waals surface area contributed by atoms with Gasteiger partial charge in [0.15, 0.2) is 0 Å². The van der Waals surface area contributed by atoms with Crippen molar-refractivity contribution < 1.29 is 4.79 Å². The van der Waals surface area contributed by atoms with Crippen molar-refractivity contribution in [1.29, 1.82) is 0 Å². The Bertz CT molecular complexity index is 353. The van der Waals surface area contributed by atoms with Gasteiger partial charge in [-0.05, 0) is 75.0 Å². The number of carbonyl (C=O) groups excluding carboxylic acids is 1. The van der Waals surface area contributed by atoms with E-state index in [0.717, 1.165) is 29.5 Å². The number of Topliss-reactive ketones (excluding diaryl/α,β-unsaturated/α-hetero) is 1. The van der Waals surface area contributed by atoms with Gasteiger partial charge in [-0.15, -0.1) is 0 Å². The zero-order chi connectivity index (χ0) is 10.5. The van der Waals surface area contributed by atoms with Crippen LogP contribution in [0.2, 0.25) is 0 Å². The predicted molar refractivity (Wildman–Crippen MR) is 60.8 cm³/mol. The van der Waals surface area contributed by atoms with Gasteiger partial charge in [0.05, 0.1) is 0 Å².